The Bertz CT molecular complexity index is 248. The lowest BCUT2D eigenvalue weighted by Crippen LogP contribution is -2.61. The SMILES string of the molecule is CC1CN(C(C)(CN)C2CCOC2)CC(C)S1. The zero-order chi connectivity index (χ0) is 12.5. The first-order chi connectivity index (χ1) is 8.06. The molecule has 0 aromatic heterocycles. The fraction of sp³-hybridized carbons (Fsp3) is 1.00. The maximum atomic E-state index is 6.10. The van der Waals surface area contributed by atoms with Gasteiger partial charge in [0.05, 0.1) is 6.61 Å². The molecule has 0 bridgehead atoms. The van der Waals surface area contributed by atoms with Crippen LogP contribution >= 0.6 is 11.8 Å². The highest BCUT2D eigenvalue weighted by molar-refractivity contribution is 8.00. The Morgan fingerprint density at radius 2 is 2.00 bits per heavy atom. The van der Waals surface area contributed by atoms with Crippen LogP contribution in [0.2, 0.25) is 0 Å². The molecule has 2 saturated heterocycles. The highest BCUT2D eigenvalue weighted by atomic mass is 32.2. The molecule has 0 spiro atoms. The van der Waals surface area contributed by atoms with E-state index in [1.165, 1.54) is 19.5 Å². The number of hydrogen-bond donors (Lipinski definition) is 1. The van der Waals surface area contributed by atoms with E-state index in [9.17, 15) is 0 Å². The van der Waals surface area contributed by atoms with Gasteiger partial charge in [-0.05, 0) is 13.3 Å². The molecule has 0 radical (unpaired) electrons. The van der Waals surface area contributed by atoms with Gasteiger partial charge in [-0.2, -0.15) is 11.8 Å². The maximum absolute atomic E-state index is 6.10. The van der Waals surface area contributed by atoms with Crippen molar-refractivity contribution in [3.8, 4) is 0 Å². The average Bonchev–Trinajstić information content (AvgIpc) is 2.80. The summed E-state index contributed by atoms with van der Waals surface area (Å²) in [6.07, 6.45) is 1.17. The van der Waals surface area contributed by atoms with E-state index in [1.807, 2.05) is 0 Å². The van der Waals surface area contributed by atoms with Gasteiger partial charge in [0.25, 0.3) is 0 Å². The zero-order valence-corrected chi connectivity index (χ0v) is 12.1. The van der Waals surface area contributed by atoms with Gasteiger partial charge in [-0.25, -0.2) is 0 Å². The van der Waals surface area contributed by atoms with Crippen molar-refractivity contribution in [1.82, 2.24) is 4.90 Å². The highest BCUT2D eigenvalue weighted by Crippen LogP contribution is 2.35. The van der Waals surface area contributed by atoms with Crippen molar-refractivity contribution in [2.24, 2.45) is 11.7 Å². The van der Waals surface area contributed by atoms with Crippen LogP contribution < -0.4 is 5.73 Å². The minimum absolute atomic E-state index is 0.125. The van der Waals surface area contributed by atoms with E-state index in [0.717, 1.165) is 19.8 Å². The van der Waals surface area contributed by atoms with E-state index >= 15 is 0 Å². The van der Waals surface area contributed by atoms with E-state index in [4.69, 9.17) is 10.5 Å². The zero-order valence-electron chi connectivity index (χ0n) is 11.3. The van der Waals surface area contributed by atoms with Gasteiger partial charge in [-0.1, -0.05) is 13.8 Å². The lowest BCUT2D eigenvalue weighted by Gasteiger charge is -2.49. The summed E-state index contributed by atoms with van der Waals surface area (Å²) in [5.74, 6) is 0.606. The Morgan fingerprint density at radius 1 is 1.35 bits per heavy atom. The van der Waals surface area contributed by atoms with Crippen molar-refractivity contribution in [3.63, 3.8) is 0 Å². The first kappa shape index (κ1) is 13.7. The minimum atomic E-state index is 0.125. The van der Waals surface area contributed by atoms with Gasteiger partial charge < -0.3 is 10.5 Å². The van der Waals surface area contributed by atoms with E-state index in [2.05, 4.69) is 37.4 Å². The molecule has 0 aliphatic carbocycles. The molecule has 2 rings (SSSR count). The summed E-state index contributed by atoms with van der Waals surface area (Å²) in [7, 11) is 0. The largest absolute Gasteiger partial charge is 0.381 e. The standard InChI is InChI=1S/C13H26N2OS/c1-10-6-15(7-11(2)17-10)13(3,9-14)12-4-5-16-8-12/h10-12H,4-9,14H2,1-3H3. The van der Waals surface area contributed by atoms with Gasteiger partial charge in [-0.15, -0.1) is 0 Å². The van der Waals surface area contributed by atoms with Gasteiger partial charge in [0.15, 0.2) is 0 Å². The van der Waals surface area contributed by atoms with Crippen LogP contribution in [0.3, 0.4) is 0 Å². The van der Waals surface area contributed by atoms with Crippen LogP contribution in [0, 0.1) is 5.92 Å². The molecule has 2 heterocycles. The molecule has 17 heavy (non-hydrogen) atoms. The second-order valence-electron chi connectivity index (χ2n) is 5.78. The Hall–Kier alpha value is 0.230. The summed E-state index contributed by atoms with van der Waals surface area (Å²) in [5.41, 5.74) is 6.23. The summed E-state index contributed by atoms with van der Waals surface area (Å²) in [5, 5.41) is 1.43. The van der Waals surface area contributed by atoms with Crippen molar-refractivity contribution in [1.29, 1.82) is 0 Å². The second-order valence-corrected chi connectivity index (χ2v) is 7.67. The first-order valence-corrected chi connectivity index (χ1v) is 7.69. The van der Waals surface area contributed by atoms with Crippen LogP contribution in [0.25, 0.3) is 0 Å². The van der Waals surface area contributed by atoms with E-state index < -0.39 is 0 Å². The lowest BCUT2D eigenvalue weighted by atomic mass is 9.83. The quantitative estimate of drug-likeness (QED) is 0.834. The third-order valence-electron chi connectivity index (χ3n) is 4.36. The Labute approximate surface area is 109 Å². The summed E-state index contributed by atoms with van der Waals surface area (Å²) in [4.78, 5) is 2.62. The predicted octanol–water partition coefficient (Wildman–Crippen LogP) is 1.57. The summed E-state index contributed by atoms with van der Waals surface area (Å²) in [6.45, 7) is 11.9. The molecule has 4 atom stereocenters. The smallest absolute Gasteiger partial charge is 0.0513 e. The second kappa shape index (κ2) is 5.47. The van der Waals surface area contributed by atoms with E-state index in [1.54, 1.807) is 0 Å². The normalized spacial score (nSPS) is 39.2. The van der Waals surface area contributed by atoms with Crippen molar-refractivity contribution >= 4 is 11.8 Å². The van der Waals surface area contributed by atoms with Gasteiger partial charge >= 0.3 is 0 Å². The van der Waals surface area contributed by atoms with Crippen molar-refractivity contribution in [2.75, 3.05) is 32.8 Å². The maximum Gasteiger partial charge on any atom is 0.0513 e. The molecule has 2 N–H and O–H groups in total. The molecule has 2 aliphatic rings. The fourth-order valence-electron chi connectivity index (χ4n) is 3.17. The van der Waals surface area contributed by atoms with E-state index in [0.29, 0.717) is 16.4 Å². The molecule has 0 aromatic rings. The number of rotatable bonds is 3. The molecule has 4 unspecified atom stereocenters. The van der Waals surface area contributed by atoms with Crippen LogP contribution in [-0.2, 0) is 4.74 Å². The molecule has 0 saturated carbocycles. The van der Waals surface area contributed by atoms with Crippen molar-refractivity contribution in [2.45, 2.75) is 43.2 Å². The highest BCUT2D eigenvalue weighted by Gasteiger charge is 2.42. The average molecular weight is 258 g/mol. The predicted molar refractivity (Wildman–Crippen MR) is 74.5 cm³/mol. The molecule has 0 aromatic carbocycles. The first-order valence-electron chi connectivity index (χ1n) is 6.74. The third-order valence-corrected chi connectivity index (χ3v) is 5.59. The Kier molecular flexibility index (Phi) is 4.40. The molecular weight excluding hydrogens is 232 g/mol. The number of nitrogens with zero attached hydrogens (tertiary/aromatic N) is 1. The van der Waals surface area contributed by atoms with E-state index in [-0.39, 0.29) is 5.54 Å². The van der Waals surface area contributed by atoms with Gasteiger partial charge in [0.2, 0.25) is 0 Å². The molecule has 2 fully saturated rings. The third kappa shape index (κ3) is 2.80. The van der Waals surface area contributed by atoms with Crippen LogP contribution in [-0.4, -0.2) is 53.8 Å². The van der Waals surface area contributed by atoms with Gasteiger partial charge in [-0.3, -0.25) is 4.90 Å². The molecule has 2 aliphatic heterocycles. The summed E-state index contributed by atoms with van der Waals surface area (Å²) < 4.78 is 5.56. The van der Waals surface area contributed by atoms with Crippen LogP contribution in [0.15, 0.2) is 0 Å². The van der Waals surface area contributed by atoms with Crippen molar-refractivity contribution in [3.05, 3.63) is 0 Å². The molecule has 3 nitrogen and oxygen atoms in total. The van der Waals surface area contributed by atoms with Gasteiger partial charge in [0.1, 0.15) is 0 Å². The Balaban J connectivity index is 2.10. The van der Waals surface area contributed by atoms with Crippen LogP contribution in [0.4, 0.5) is 0 Å². The van der Waals surface area contributed by atoms with Crippen LogP contribution in [0.1, 0.15) is 27.2 Å². The van der Waals surface area contributed by atoms with Gasteiger partial charge in [0, 0.05) is 48.2 Å². The number of ether oxygens (including phenoxy) is 1. The number of hydrogen-bond acceptors (Lipinski definition) is 4. The molecule has 100 valence electrons. The number of nitrogens with two attached hydrogens (primary N) is 1. The molecular formula is C13H26N2OS. The van der Waals surface area contributed by atoms with Crippen molar-refractivity contribution < 1.29 is 4.74 Å². The monoisotopic (exact) mass is 258 g/mol. The summed E-state index contributed by atoms with van der Waals surface area (Å²) in [6, 6.07) is 0. The fourth-order valence-corrected chi connectivity index (χ4v) is 4.50. The molecule has 0 amide bonds. The summed E-state index contributed by atoms with van der Waals surface area (Å²) >= 11 is 2.10. The lowest BCUT2D eigenvalue weighted by molar-refractivity contribution is 0.0439. The topological polar surface area (TPSA) is 38.5 Å². The molecule has 4 heteroatoms. The van der Waals surface area contributed by atoms with Crippen LogP contribution in [0.5, 0.6) is 0 Å². The number of thioether (sulfide) groups is 1. The Morgan fingerprint density at radius 3 is 2.47 bits per heavy atom. The minimum Gasteiger partial charge on any atom is -0.381 e.